The zero-order valence-electron chi connectivity index (χ0n) is 14.3. The highest BCUT2D eigenvalue weighted by Crippen LogP contribution is 2.34. The van der Waals surface area contributed by atoms with Gasteiger partial charge in [0.15, 0.2) is 5.92 Å². The predicted octanol–water partition coefficient (Wildman–Crippen LogP) is 4.21. The third-order valence-corrected chi connectivity index (χ3v) is 4.05. The maximum Gasteiger partial charge on any atom is 0.321 e. The number of carbonyl (C=O) groups excluding carboxylic acids is 2. The second-order valence-corrected chi connectivity index (χ2v) is 5.86. The normalized spacial score (nSPS) is 11.8. The number of hydrogen-bond donors (Lipinski definition) is 0. The summed E-state index contributed by atoms with van der Waals surface area (Å²) in [7, 11) is 0. The molecule has 0 saturated heterocycles. The van der Waals surface area contributed by atoms with Gasteiger partial charge in [-0.15, -0.1) is 0 Å². The summed E-state index contributed by atoms with van der Waals surface area (Å²) < 4.78 is 10.3. The van der Waals surface area contributed by atoms with Gasteiger partial charge in [-0.05, 0) is 37.1 Å². The molecule has 2 aromatic carbocycles. The second kappa shape index (κ2) is 9.23. The molecular weight excluding hydrogens is 340 g/mol. The largest absolute Gasteiger partial charge is 0.465 e. The van der Waals surface area contributed by atoms with Crippen LogP contribution in [0.15, 0.2) is 54.6 Å². The first-order valence-electron chi connectivity index (χ1n) is 8.22. The molecule has 0 saturated carbocycles. The van der Waals surface area contributed by atoms with Crippen molar-refractivity contribution in [1.29, 1.82) is 0 Å². The Bertz CT molecular complexity index is 679. The van der Waals surface area contributed by atoms with Crippen molar-refractivity contribution in [3.63, 3.8) is 0 Å². The lowest BCUT2D eigenvalue weighted by Crippen LogP contribution is -2.34. The van der Waals surface area contributed by atoms with Crippen molar-refractivity contribution in [2.24, 2.45) is 5.92 Å². The zero-order valence-corrected chi connectivity index (χ0v) is 15.0. The van der Waals surface area contributed by atoms with E-state index in [1.54, 1.807) is 26.0 Å². The summed E-state index contributed by atoms with van der Waals surface area (Å²) in [5, 5.41) is 0.583. The molecule has 0 fully saturated rings. The van der Waals surface area contributed by atoms with Crippen LogP contribution in [0.25, 0.3) is 0 Å². The van der Waals surface area contributed by atoms with Gasteiger partial charge in [-0.25, -0.2) is 0 Å². The van der Waals surface area contributed by atoms with Crippen LogP contribution in [-0.4, -0.2) is 25.2 Å². The average Bonchev–Trinajstić information content (AvgIpc) is 2.61. The molecule has 0 aromatic heterocycles. The molecular formula is C20H21ClO4. The summed E-state index contributed by atoms with van der Waals surface area (Å²) in [5.41, 5.74) is 1.62. The molecule has 2 aromatic rings. The summed E-state index contributed by atoms with van der Waals surface area (Å²) in [5.74, 6) is -2.78. The van der Waals surface area contributed by atoms with E-state index >= 15 is 0 Å². The lowest BCUT2D eigenvalue weighted by molar-refractivity contribution is -0.162. The van der Waals surface area contributed by atoms with E-state index in [4.69, 9.17) is 21.1 Å². The number of hydrogen-bond acceptors (Lipinski definition) is 4. The van der Waals surface area contributed by atoms with Crippen molar-refractivity contribution < 1.29 is 19.1 Å². The molecule has 4 nitrogen and oxygen atoms in total. The standard InChI is InChI=1S/C20H21ClO4/c1-3-24-19(22)18(20(23)25-4-2)17(14-8-6-5-7-9-14)15-10-12-16(21)13-11-15/h5-13,17-18H,3-4H2,1-2H3/t17-/m0/s1. The quantitative estimate of drug-likeness (QED) is 0.548. The lowest BCUT2D eigenvalue weighted by Gasteiger charge is -2.25. The fourth-order valence-electron chi connectivity index (χ4n) is 2.74. The smallest absolute Gasteiger partial charge is 0.321 e. The fraction of sp³-hybridized carbons (Fsp3) is 0.300. The predicted molar refractivity (Wildman–Crippen MR) is 96.5 cm³/mol. The van der Waals surface area contributed by atoms with Crippen molar-refractivity contribution in [3.05, 3.63) is 70.7 Å². The Kier molecular flexibility index (Phi) is 7.02. The van der Waals surface area contributed by atoms with Crippen LogP contribution < -0.4 is 0 Å². The molecule has 5 heteroatoms. The minimum Gasteiger partial charge on any atom is -0.465 e. The fourth-order valence-corrected chi connectivity index (χ4v) is 2.87. The van der Waals surface area contributed by atoms with Crippen LogP contribution in [0.3, 0.4) is 0 Å². The van der Waals surface area contributed by atoms with E-state index < -0.39 is 23.8 Å². The maximum absolute atomic E-state index is 12.6. The van der Waals surface area contributed by atoms with Crippen molar-refractivity contribution in [3.8, 4) is 0 Å². The molecule has 0 N–H and O–H groups in total. The van der Waals surface area contributed by atoms with Crippen LogP contribution >= 0.6 is 11.6 Å². The van der Waals surface area contributed by atoms with Gasteiger partial charge in [0.25, 0.3) is 0 Å². The first-order chi connectivity index (χ1) is 12.1. The van der Waals surface area contributed by atoms with Gasteiger partial charge in [0.2, 0.25) is 0 Å². The molecule has 1 atom stereocenters. The van der Waals surface area contributed by atoms with Gasteiger partial charge in [0.1, 0.15) is 0 Å². The highest BCUT2D eigenvalue weighted by molar-refractivity contribution is 6.30. The third kappa shape index (κ3) is 4.83. The SMILES string of the molecule is CCOC(=O)C(C(=O)OCC)[C@@H](c1ccccc1)c1ccc(Cl)cc1. The van der Waals surface area contributed by atoms with E-state index in [1.807, 2.05) is 42.5 Å². The number of esters is 2. The van der Waals surface area contributed by atoms with E-state index in [0.29, 0.717) is 5.02 Å². The van der Waals surface area contributed by atoms with Gasteiger partial charge in [-0.2, -0.15) is 0 Å². The summed E-state index contributed by atoms with van der Waals surface area (Å²) in [4.78, 5) is 25.1. The van der Waals surface area contributed by atoms with E-state index in [2.05, 4.69) is 0 Å². The second-order valence-electron chi connectivity index (χ2n) is 5.42. The number of halogens is 1. The number of ether oxygens (including phenoxy) is 2. The number of carbonyl (C=O) groups is 2. The first kappa shape index (κ1) is 19.0. The Morgan fingerprint density at radius 1 is 0.840 bits per heavy atom. The van der Waals surface area contributed by atoms with Crippen LogP contribution in [0.1, 0.15) is 30.9 Å². The molecule has 2 rings (SSSR count). The van der Waals surface area contributed by atoms with Crippen molar-refractivity contribution in [2.75, 3.05) is 13.2 Å². The van der Waals surface area contributed by atoms with Crippen molar-refractivity contribution in [2.45, 2.75) is 19.8 Å². The van der Waals surface area contributed by atoms with E-state index in [1.165, 1.54) is 0 Å². The minimum absolute atomic E-state index is 0.191. The van der Waals surface area contributed by atoms with Crippen LogP contribution in [0.4, 0.5) is 0 Å². The summed E-state index contributed by atoms with van der Waals surface area (Å²) >= 11 is 5.98. The Morgan fingerprint density at radius 3 is 1.80 bits per heavy atom. The van der Waals surface area contributed by atoms with E-state index in [0.717, 1.165) is 11.1 Å². The van der Waals surface area contributed by atoms with Crippen molar-refractivity contribution >= 4 is 23.5 Å². The molecule has 0 radical (unpaired) electrons. The summed E-state index contributed by atoms with van der Waals surface area (Å²) in [6, 6.07) is 16.5. The molecule has 0 unspecified atom stereocenters. The molecule has 0 aliphatic carbocycles. The van der Waals surface area contributed by atoms with Crippen LogP contribution in [0, 0.1) is 5.92 Å². The molecule has 132 valence electrons. The third-order valence-electron chi connectivity index (χ3n) is 3.80. The van der Waals surface area contributed by atoms with Crippen LogP contribution in [0.2, 0.25) is 5.02 Å². The van der Waals surface area contributed by atoms with Gasteiger partial charge in [-0.3, -0.25) is 9.59 Å². The lowest BCUT2D eigenvalue weighted by atomic mass is 9.80. The highest BCUT2D eigenvalue weighted by Gasteiger charge is 2.39. The molecule has 25 heavy (non-hydrogen) atoms. The molecule has 0 bridgehead atoms. The van der Waals surface area contributed by atoms with E-state index in [9.17, 15) is 9.59 Å². The minimum atomic E-state index is -1.08. The Hall–Kier alpha value is -2.33. The zero-order chi connectivity index (χ0) is 18.2. The number of rotatable bonds is 7. The highest BCUT2D eigenvalue weighted by atomic mass is 35.5. The summed E-state index contributed by atoms with van der Waals surface area (Å²) in [6.07, 6.45) is 0. The Balaban J connectivity index is 2.54. The average molecular weight is 361 g/mol. The summed E-state index contributed by atoms with van der Waals surface area (Å²) in [6.45, 7) is 3.80. The molecule has 0 aliphatic rings. The van der Waals surface area contributed by atoms with Crippen molar-refractivity contribution in [1.82, 2.24) is 0 Å². The Morgan fingerprint density at radius 2 is 1.32 bits per heavy atom. The van der Waals surface area contributed by atoms with Crippen LogP contribution in [0.5, 0.6) is 0 Å². The topological polar surface area (TPSA) is 52.6 Å². The monoisotopic (exact) mass is 360 g/mol. The molecule has 0 amide bonds. The van der Waals surface area contributed by atoms with Gasteiger partial charge in [-0.1, -0.05) is 54.1 Å². The van der Waals surface area contributed by atoms with Crippen LogP contribution in [-0.2, 0) is 19.1 Å². The molecule has 0 spiro atoms. The number of benzene rings is 2. The van der Waals surface area contributed by atoms with Gasteiger partial charge < -0.3 is 9.47 Å². The molecule has 0 aliphatic heterocycles. The van der Waals surface area contributed by atoms with Gasteiger partial charge in [0.05, 0.1) is 13.2 Å². The van der Waals surface area contributed by atoms with Gasteiger partial charge >= 0.3 is 11.9 Å². The molecule has 0 heterocycles. The Labute approximate surface area is 152 Å². The van der Waals surface area contributed by atoms with Gasteiger partial charge in [0, 0.05) is 10.9 Å². The van der Waals surface area contributed by atoms with E-state index in [-0.39, 0.29) is 13.2 Å². The first-order valence-corrected chi connectivity index (χ1v) is 8.60. The maximum atomic E-state index is 12.6.